The fourth-order valence-corrected chi connectivity index (χ4v) is 2.82. The Kier molecular flexibility index (Phi) is 6.66. The van der Waals surface area contributed by atoms with Crippen molar-refractivity contribution in [1.82, 2.24) is 15.7 Å². The van der Waals surface area contributed by atoms with Crippen molar-refractivity contribution in [1.29, 1.82) is 0 Å². The zero-order chi connectivity index (χ0) is 21.7. The van der Waals surface area contributed by atoms with Crippen LogP contribution in [0.25, 0.3) is 10.9 Å². The van der Waals surface area contributed by atoms with Gasteiger partial charge in [0.15, 0.2) is 5.79 Å². The summed E-state index contributed by atoms with van der Waals surface area (Å²) in [7, 11) is 0. The van der Waals surface area contributed by atoms with E-state index in [0.717, 1.165) is 5.56 Å². The lowest BCUT2D eigenvalue weighted by molar-refractivity contribution is -0.178. The van der Waals surface area contributed by atoms with Gasteiger partial charge in [-0.15, -0.1) is 0 Å². The Labute approximate surface area is 173 Å². The molecular weight excluding hydrogens is 391 g/mol. The molecule has 0 radical (unpaired) electrons. The summed E-state index contributed by atoms with van der Waals surface area (Å²) >= 11 is 0. The number of hydroxylamine groups is 1. The van der Waals surface area contributed by atoms with Crippen molar-refractivity contribution >= 4 is 28.2 Å². The molecule has 8 nitrogen and oxygen atoms in total. The Bertz CT molecular complexity index is 1030. The van der Waals surface area contributed by atoms with E-state index in [1.165, 1.54) is 19.9 Å². The first-order chi connectivity index (χ1) is 14.2. The van der Waals surface area contributed by atoms with Crippen molar-refractivity contribution < 1.29 is 23.9 Å². The van der Waals surface area contributed by atoms with Crippen molar-refractivity contribution in [3.05, 3.63) is 53.5 Å². The molecule has 0 aliphatic rings. The fourth-order valence-electron chi connectivity index (χ4n) is 2.82. The van der Waals surface area contributed by atoms with Gasteiger partial charge < -0.3 is 15.2 Å². The summed E-state index contributed by atoms with van der Waals surface area (Å²) in [4.78, 5) is 17.9. The quantitative estimate of drug-likeness (QED) is 0.241. The topological polar surface area (TPSA) is 109 Å². The number of H-pyrrole nitrogens is 1. The average Bonchev–Trinajstić information content (AvgIpc) is 3.15. The van der Waals surface area contributed by atoms with Crippen molar-refractivity contribution in [2.75, 3.05) is 18.5 Å². The van der Waals surface area contributed by atoms with Crippen LogP contribution >= 0.6 is 0 Å². The normalized spacial score (nSPS) is 11.6. The number of aryl methyl sites for hydroxylation is 1. The Balaban J connectivity index is 1.72. The summed E-state index contributed by atoms with van der Waals surface area (Å²) in [5.74, 6) is -2.13. The molecule has 1 heterocycles. The van der Waals surface area contributed by atoms with Gasteiger partial charge in [-0.05, 0) is 57.0 Å². The lowest BCUT2D eigenvalue weighted by Gasteiger charge is -2.18. The molecule has 3 rings (SSSR count). The zero-order valence-electron chi connectivity index (χ0n) is 17.1. The van der Waals surface area contributed by atoms with Crippen LogP contribution in [-0.4, -0.2) is 40.2 Å². The summed E-state index contributed by atoms with van der Waals surface area (Å²) in [5, 5.41) is 20.0. The third-order valence-corrected chi connectivity index (χ3v) is 4.26. The highest BCUT2D eigenvalue weighted by Gasteiger charge is 2.17. The molecule has 0 spiro atoms. The van der Waals surface area contributed by atoms with Gasteiger partial charge in [-0.1, -0.05) is 6.07 Å². The molecule has 1 aromatic heterocycles. The number of anilines is 2. The number of aliphatic hydroxyl groups is 1. The highest BCUT2D eigenvalue weighted by atomic mass is 19.1. The predicted octanol–water partition coefficient (Wildman–Crippen LogP) is 3.55. The lowest BCUT2D eigenvalue weighted by atomic mass is 10.1. The van der Waals surface area contributed by atoms with E-state index < -0.39 is 17.5 Å². The fraction of sp³-hybridized carbons (Fsp3) is 0.333. The van der Waals surface area contributed by atoms with Crippen LogP contribution in [0.4, 0.5) is 15.8 Å². The largest absolute Gasteiger partial charge is 0.366 e. The van der Waals surface area contributed by atoms with Crippen LogP contribution < -0.4 is 10.8 Å². The van der Waals surface area contributed by atoms with E-state index in [9.17, 15) is 14.3 Å². The predicted molar refractivity (Wildman–Crippen MR) is 111 cm³/mol. The number of amides is 1. The second-order valence-electron chi connectivity index (χ2n) is 7.36. The van der Waals surface area contributed by atoms with E-state index in [0.29, 0.717) is 23.0 Å². The molecule has 0 atom stereocenters. The molecule has 0 saturated heterocycles. The molecule has 160 valence electrons. The number of aromatic amines is 1. The number of benzene rings is 2. The van der Waals surface area contributed by atoms with Crippen molar-refractivity contribution in [3.8, 4) is 0 Å². The minimum Gasteiger partial charge on any atom is -0.366 e. The SMILES string of the molecule is Cc1ccc(Nc2c(C(=O)NOCCCOC(C)(C)O)ccc3[nH]ncc23)c(F)c1. The van der Waals surface area contributed by atoms with Crippen molar-refractivity contribution in [2.24, 2.45) is 0 Å². The second kappa shape index (κ2) is 9.21. The number of hydrogen-bond donors (Lipinski definition) is 4. The van der Waals surface area contributed by atoms with Gasteiger partial charge in [-0.25, -0.2) is 9.87 Å². The third-order valence-electron chi connectivity index (χ3n) is 4.26. The molecule has 0 unspecified atom stereocenters. The smallest absolute Gasteiger partial charge is 0.276 e. The monoisotopic (exact) mass is 416 g/mol. The van der Waals surface area contributed by atoms with Gasteiger partial charge in [0.2, 0.25) is 0 Å². The molecular formula is C21H25FN4O4. The Hall–Kier alpha value is -3.01. The molecule has 9 heteroatoms. The first kappa shape index (κ1) is 21.7. The van der Waals surface area contributed by atoms with Crippen molar-refractivity contribution in [3.63, 3.8) is 0 Å². The molecule has 0 fully saturated rings. The first-order valence-corrected chi connectivity index (χ1v) is 9.52. The van der Waals surface area contributed by atoms with E-state index >= 15 is 0 Å². The van der Waals surface area contributed by atoms with Crippen LogP contribution in [0.15, 0.2) is 36.5 Å². The summed E-state index contributed by atoms with van der Waals surface area (Å²) < 4.78 is 19.5. The number of carbonyl (C=O) groups excluding carboxylic acids is 1. The number of hydrogen-bond acceptors (Lipinski definition) is 6. The van der Waals surface area contributed by atoms with Crippen molar-refractivity contribution in [2.45, 2.75) is 33.0 Å². The first-order valence-electron chi connectivity index (χ1n) is 9.52. The number of fused-ring (bicyclic) bond motifs is 1. The van der Waals surface area contributed by atoms with Crippen LogP contribution in [0.3, 0.4) is 0 Å². The number of aromatic nitrogens is 2. The van der Waals surface area contributed by atoms with E-state index in [1.807, 2.05) is 0 Å². The maximum Gasteiger partial charge on any atom is 0.276 e. The van der Waals surface area contributed by atoms with E-state index in [2.05, 4.69) is 21.0 Å². The van der Waals surface area contributed by atoms with E-state index in [-0.39, 0.29) is 24.5 Å². The molecule has 4 N–H and O–H groups in total. The van der Waals surface area contributed by atoms with E-state index in [4.69, 9.17) is 9.57 Å². The highest BCUT2D eigenvalue weighted by molar-refractivity contribution is 6.08. The van der Waals surface area contributed by atoms with Crippen LogP contribution in [0.2, 0.25) is 0 Å². The maximum atomic E-state index is 14.4. The van der Waals surface area contributed by atoms with Gasteiger partial charge in [-0.2, -0.15) is 5.10 Å². The molecule has 0 bridgehead atoms. The second-order valence-corrected chi connectivity index (χ2v) is 7.36. The van der Waals surface area contributed by atoms with Gasteiger partial charge in [0.05, 0.1) is 41.9 Å². The molecule has 3 aromatic rings. The van der Waals surface area contributed by atoms with Gasteiger partial charge in [-0.3, -0.25) is 14.7 Å². The number of nitrogens with zero attached hydrogens (tertiary/aromatic N) is 1. The summed E-state index contributed by atoms with van der Waals surface area (Å²) in [6, 6.07) is 8.12. The van der Waals surface area contributed by atoms with Gasteiger partial charge in [0.1, 0.15) is 5.82 Å². The number of halogens is 1. The standard InChI is InChI=1S/C21H25FN4O4/c1-13-5-7-18(16(22)11-13)24-19-14(6-8-17-15(19)12-23-25-17)20(27)26-30-10-4-9-29-21(2,3)28/h5-8,11-12,24,28H,4,9-10H2,1-3H3,(H,23,25)(H,26,27). The molecule has 0 aliphatic carbocycles. The Morgan fingerprint density at radius 2 is 2.07 bits per heavy atom. The third kappa shape index (κ3) is 5.53. The molecule has 1 amide bonds. The van der Waals surface area contributed by atoms with Crippen LogP contribution in [0, 0.1) is 12.7 Å². The van der Waals surface area contributed by atoms with Gasteiger partial charge >= 0.3 is 0 Å². The minimum absolute atomic E-state index is 0.200. The Morgan fingerprint density at radius 1 is 1.27 bits per heavy atom. The van der Waals surface area contributed by atoms with Crippen LogP contribution in [-0.2, 0) is 9.57 Å². The van der Waals surface area contributed by atoms with Gasteiger partial charge in [0.25, 0.3) is 5.91 Å². The number of rotatable bonds is 9. The number of carbonyl (C=O) groups is 1. The Morgan fingerprint density at radius 3 is 2.80 bits per heavy atom. The number of ether oxygens (including phenoxy) is 1. The zero-order valence-corrected chi connectivity index (χ0v) is 17.1. The van der Waals surface area contributed by atoms with Crippen LogP contribution in [0.5, 0.6) is 0 Å². The van der Waals surface area contributed by atoms with Gasteiger partial charge in [0, 0.05) is 5.39 Å². The molecule has 0 aliphatic heterocycles. The summed E-state index contributed by atoms with van der Waals surface area (Å²) in [6.07, 6.45) is 2.04. The lowest BCUT2D eigenvalue weighted by Crippen LogP contribution is -2.27. The number of nitrogens with one attached hydrogen (secondary N) is 3. The summed E-state index contributed by atoms with van der Waals surface area (Å²) in [6.45, 7) is 5.34. The average molecular weight is 416 g/mol. The maximum absolute atomic E-state index is 14.4. The van der Waals surface area contributed by atoms with E-state index in [1.54, 1.807) is 37.4 Å². The molecule has 0 saturated carbocycles. The summed E-state index contributed by atoms with van der Waals surface area (Å²) in [5.41, 5.74) is 4.80. The van der Waals surface area contributed by atoms with Crippen LogP contribution in [0.1, 0.15) is 36.2 Å². The molecule has 2 aromatic carbocycles. The minimum atomic E-state index is -1.21. The molecule has 30 heavy (non-hydrogen) atoms. The highest BCUT2D eigenvalue weighted by Crippen LogP contribution is 2.30.